The Labute approximate surface area is 261 Å². The predicted octanol–water partition coefficient (Wildman–Crippen LogP) is 6.62. The van der Waals surface area contributed by atoms with Gasteiger partial charge in [-0.05, 0) is 54.8 Å². The summed E-state index contributed by atoms with van der Waals surface area (Å²) in [6.07, 6.45) is 1.84. The Morgan fingerprint density at radius 2 is 1.54 bits per heavy atom. The highest BCUT2D eigenvalue weighted by atomic mass is 35.5. The van der Waals surface area contributed by atoms with Gasteiger partial charge in [-0.25, -0.2) is 8.42 Å². The van der Waals surface area contributed by atoms with Crippen molar-refractivity contribution < 1.29 is 18.0 Å². The molecule has 3 aromatic rings. The second kappa shape index (κ2) is 14.6. The first-order valence-electron chi connectivity index (χ1n) is 12.8. The maximum absolute atomic E-state index is 14.1. The largest absolute Gasteiger partial charge is 0.352 e. The standard InChI is InChI=1S/C29H31Cl4N3O4S/c1-4-19(2)34-29(38)27(12-20-8-6-5-7-9-20)35(17-21-10-11-22(30)16-26(21)33)28(37)18-36(41(3,39)40)25-14-23(31)13-24(32)15-25/h5-11,13-16,19,27H,4,12,17-18H2,1-3H3,(H,34,38)/t19-,27+/m0/s1. The number of halogens is 4. The molecule has 3 rings (SSSR count). The van der Waals surface area contributed by atoms with Gasteiger partial charge in [-0.3, -0.25) is 13.9 Å². The van der Waals surface area contributed by atoms with Crippen LogP contribution < -0.4 is 9.62 Å². The number of hydrogen-bond acceptors (Lipinski definition) is 4. The summed E-state index contributed by atoms with van der Waals surface area (Å²) in [6.45, 7) is 3.12. The van der Waals surface area contributed by atoms with Gasteiger partial charge in [-0.2, -0.15) is 0 Å². The van der Waals surface area contributed by atoms with Crippen molar-refractivity contribution >= 4 is 73.9 Å². The first kappa shape index (κ1) is 33.0. The molecule has 0 aliphatic carbocycles. The van der Waals surface area contributed by atoms with E-state index in [1.807, 2.05) is 44.2 Å². The van der Waals surface area contributed by atoms with E-state index in [4.69, 9.17) is 46.4 Å². The van der Waals surface area contributed by atoms with Crippen molar-refractivity contribution in [1.82, 2.24) is 10.2 Å². The highest BCUT2D eigenvalue weighted by Gasteiger charge is 2.34. The molecule has 2 atom stereocenters. The average Bonchev–Trinajstić information content (AvgIpc) is 2.89. The molecule has 0 aliphatic heterocycles. The molecule has 3 aromatic carbocycles. The lowest BCUT2D eigenvalue weighted by atomic mass is 10.0. The van der Waals surface area contributed by atoms with E-state index in [2.05, 4.69) is 5.32 Å². The number of amides is 2. The van der Waals surface area contributed by atoms with Gasteiger partial charge in [0, 0.05) is 39.1 Å². The van der Waals surface area contributed by atoms with Crippen LogP contribution in [0.25, 0.3) is 0 Å². The van der Waals surface area contributed by atoms with E-state index in [0.717, 1.165) is 16.1 Å². The SMILES string of the molecule is CC[C@H](C)NC(=O)[C@@H](Cc1ccccc1)N(Cc1ccc(Cl)cc1Cl)C(=O)CN(c1cc(Cl)cc(Cl)c1)S(C)(=O)=O. The van der Waals surface area contributed by atoms with Crippen LogP contribution in [0, 0.1) is 0 Å². The molecular weight excluding hydrogens is 628 g/mol. The molecular formula is C29H31Cl4N3O4S. The van der Waals surface area contributed by atoms with Crippen molar-refractivity contribution in [3.05, 3.63) is 97.9 Å². The predicted molar refractivity (Wildman–Crippen MR) is 167 cm³/mol. The molecule has 1 N–H and O–H groups in total. The molecule has 0 aliphatic rings. The molecule has 0 unspecified atom stereocenters. The minimum atomic E-state index is -3.97. The van der Waals surface area contributed by atoms with Gasteiger partial charge in [0.1, 0.15) is 12.6 Å². The molecule has 0 radical (unpaired) electrons. The lowest BCUT2D eigenvalue weighted by Gasteiger charge is -2.34. The van der Waals surface area contributed by atoms with Gasteiger partial charge in [0.05, 0.1) is 11.9 Å². The summed E-state index contributed by atoms with van der Waals surface area (Å²) < 4.78 is 26.7. The Kier molecular flexibility index (Phi) is 11.8. The Hall–Kier alpha value is -2.49. The average molecular weight is 659 g/mol. The van der Waals surface area contributed by atoms with E-state index in [1.165, 1.54) is 23.1 Å². The molecule has 7 nitrogen and oxygen atoms in total. The Morgan fingerprint density at radius 1 is 0.902 bits per heavy atom. The van der Waals surface area contributed by atoms with Crippen LogP contribution in [0.2, 0.25) is 20.1 Å². The van der Waals surface area contributed by atoms with Crippen molar-refractivity contribution in [3.8, 4) is 0 Å². The number of carbonyl (C=O) groups is 2. The van der Waals surface area contributed by atoms with Crippen molar-refractivity contribution in [2.45, 2.75) is 45.3 Å². The smallest absolute Gasteiger partial charge is 0.244 e. The fraction of sp³-hybridized carbons (Fsp3) is 0.310. The first-order chi connectivity index (χ1) is 19.3. The van der Waals surface area contributed by atoms with E-state index in [1.54, 1.807) is 18.2 Å². The lowest BCUT2D eigenvalue weighted by molar-refractivity contribution is -0.140. The van der Waals surface area contributed by atoms with E-state index < -0.39 is 28.5 Å². The molecule has 0 aromatic heterocycles. The lowest BCUT2D eigenvalue weighted by Crippen LogP contribution is -2.54. The maximum atomic E-state index is 14.1. The zero-order valence-corrected chi connectivity index (χ0v) is 26.6. The summed E-state index contributed by atoms with van der Waals surface area (Å²) in [6, 6.07) is 17.2. The minimum absolute atomic E-state index is 0.0752. The van der Waals surface area contributed by atoms with E-state index in [-0.39, 0.29) is 40.6 Å². The van der Waals surface area contributed by atoms with Gasteiger partial charge >= 0.3 is 0 Å². The quantitative estimate of drug-likeness (QED) is 0.237. The highest BCUT2D eigenvalue weighted by Crippen LogP contribution is 2.28. The third-order valence-electron chi connectivity index (χ3n) is 6.44. The van der Waals surface area contributed by atoms with E-state index >= 15 is 0 Å². The Morgan fingerprint density at radius 3 is 2.10 bits per heavy atom. The van der Waals surface area contributed by atoms with Gasteiger partial charge in [0.2, 0.25) is 21.8 Å². The zero-order chi connectivity index (χ0) is 30.3. The molecule has 220 valence electrons. The fourth-order valence-corrected chi connectivity index (χ4v) is 5.94. The van der Waals surface area contributed by atoms with Gasteiger partial charge in [0.25, 0.3) is 0 Å². The molecule has 0 bridgehead atoms. The van der Waals surface area contributed by atoms with Crippen LogP contribution in [0.1, 0.15) is 31.4 Å². The summed E-state index contributed by atoms with van der Waals surface area (Å²) in [5.74, 6) is -1.00. The highest BCUT2D eigenvalue weighted by molar-refractivity contribution is 7.92. The van der Waals surface area contributed by atoms with Crippen LogP contribution in [0.5, 0.6) is 0 Å². The molecule has 0 heterocycles. The third-order valence-corrected chi connectivity index (χ3v) is 8.61. The van der Waals surface area contributed by atoms with Gasteiger partial charge in [-0.1, -0.05) is 89.7 Å². The number of rotatable bonds is 12. The van der Waals surface area contributed by atoms with Crippen LogP contribution in [0.15, 0.2) is 66.7 Å². The number of hydrogen-bond donors (Lipinski definition) is 1. The van der Waals surface area contributed by atoms with Gasteiger partial charge in [-0.15, -0.1) is 0 Å². The first-order valence-corrected chi connectivity index (χ1v) is 16.2. The molecule has 41 heavy (non-hydrogen) atoms. The topological polar surface area (TPSA) is 86.8 Å². The summed E-state index contributed by atoms with van der Waals surface area (Å²) in [5.41, 5.74) is 1.47. The molecule has 12 heteroatoms. The summed E-state index contributed by atoms with van der Waals surface area (Å²) in [4.78, 5) is 29.2. The minimum Gasteiger partial charge on any atom is -0.352 e. The number of nitrogens with one attached hydrogen (secondary N) is 1. The van der Waals surface area contributed by atoms with Crippen LogP contribution >= 0.6 is 46.4 Å². The molecule has 2 amide bonds. The zero-order valence-electron chi connectivity index (χ0n) is 22.8. The Bertz CT molecular complexity index is 1470. The van der Waals surface area contributed by atoms with E-state index in [0.29, 0.717) is 22.0 Å². The number of sulfonamides is 1. The molecule has 0 saturated carbocycles. The third kappa shape index (κ3) is 9.51. The summed E-state index contributed by atoms with van der Waals surface area (Å²) >= 11 is 24.9. The number of benzene rings is 3. The van der Waals surface area contributed by atoms with Crippen LogP contribution in [-0.2, 0) is 32.6 Å². The van der Waals surface area contributed by atoms with E-state index in [9.17, 15) is 18.0 Å². The molecule has 0 saturated heterocycles. The van der Waals surface area contributed by atoms with Crippen molar-refractivity contribution in [2.24, 2.45) is 0 Å². The normalized spacial score (nSPS) is 12.9. The van der Waals surface area contributed by atoms with Crippen LogP contribution in [-0.4, -0.2) is 50.0 Å². The Balaban J connectivity index is 2.11. The molecule has 0 spiro atoms. The fourth-order valence-electron chi connectivity index (χ4n) is 4.13. The number of anilines is 1. The second-order valence-electron chi connectivity index (χ2n) is 9.68. The van der Waals surface area contributed by atoms with Gasteiger partial charge in [0.15, 0.2) is 0 Å². The summed E-state index contributed by atoms with van der Waals surface area (Å²) in [5, 5.41) is 4.09. The van der Waals surface area contributed by atoms with Crippen molar-refractivity contribution in [1.29, 1.82) is 0 Å². The summed E-state index contributed by atoms with van der Waals surface area (Å²) in [7, 11) is -3.97. The van der Waals surface area contributed by atoms with Crippen LogP contribution in [0.3, 0.4) is 0 Å². The number of carbonyl (C=O) groups excluding carboxylic acids is 2. The van der Waals surface area contributed by atoms with Crippen molar-refractivity contribution in [2.75, 3.05) is 17.1 Å². The monoisotopic (exact) mass is 657 g/mol. The van der Waals surface area contributed by atoms with Gasteiger partial charge < -0.3 is 10.2 Å². The van der Waals surface area contributed by atoms with Crippen LogP contribution in [0.4, 0.5) is 5.69 Å². The second-order valence-corrected chi connectivity index (χ2v) is 13.3. The number of nitrogens with zero attached hydrogens (tertiary/aromatic N) is 2. The maximum Gasteiger partial charge on any atom is 0.244 e. The van der Waals surface area contributed by atoms with Crippen molar-refractivity contribution in [3.63, 3.8) is 0 Å². The molecule has 0 fully saturated rings.